The Kier molecular flexibility index (Phi) is 7.58. The molecule has 0 radical (unpaired) electrons. The van der Waals surface area contributed by atoms with Gasteiger partial charge in [-0.3, -0.25) is 14.2 Å². The van der Waals surface area contributed by atoms with Gasteiger partial charge in [0.05, 0.1) is 18.3 Å². The molecule has 0 spiro atoms. The Balaban J connectivity index is 1.52. The minimum Gasteiger partial charge on any atom is -0.330 e. The number of aryl methyl sites for hydroxylation is 1. The zero-order chi connectivity index (χ0) is 29.4. The normalized spacial score (nSPS) is 15.5. The second-order valence-corrected chi connectivity index (χ2v) is 12.5. The fourth-order valence-electron chi connectivity index (χ4n) is 6.50. The standard InChI is InChI=1S/C36H40N4O2/c1-24(2)32(39(21-20-36(37)18-9-19-36)34(41)27-16-14-25(3)15-17-27)31-30(22-26-10-5-4-6-11-26)35(42)40-23-28-12-7-8-13-29(28)33(40)38-31/h4-8,10-17,24,32H,9,18-23,37H2,1-3H3. The van der Waals surface area contributed by atoms with Crippen LogP contribution in [0.25, 0.3) is 11.4 Å². The van der Waals surface area contributed by atoms with Crippen LogP contribution in [0.1, 0.15) is 83.9 Å². The highest BCUT2D eigenvalue weighted by Gasteiger charge is 2.38. The molecule has 0 bridgehead atoms. The van der Waals surface area contributed by atoms with Crippen molar-refractivity contribution in [2.45, 2.75) is 71.0 Å². The van der Waals surface area contributed by atoms with Gasteiger partial charge in [0, 0.05) is 35.2 Å². The van der Waals surface area contributed by atoms with E-state index in [1.54, 1.807) is 4.57 Å². The summed E-state index contributed by atoms with van der Waals surface area (Å²) in [6.45, 7) is 7.27. The van der Waals surface area contributed by atoms with E-state index >= 15 is 0 Å². The molecule has 1 aromatic heterocycles. The van der Waals surface area contributed by atoms with Crippen LogP contribution in [0.4, 0.5) is 0 Å². The van der Waals surface area contributed by atoms with Crippen LogP contribution in [0.5, 0.6) is 0 Å². The molecule has 2 heterocycles. The van der Waals surface area contributed by atoms with Crippen molar-refractivity contribution in [1.29, 1.82) is 0 Å². The predicted octanol–water partition coefficient (Wildman–Crippen LogP) is 6.28. The molecular weight excluding hydrogens is 520 g/mol. The SMILES string of the molecule is Cc1ccc(C(=O)N(CCC2(N)CCC2)C(c2nc3n(c(=O)c2Cc2ccccc2)Cc2ccccc2-3)C(C)C)cc1. The van der Waals surface area contributed by atoms with Gasteiger partial charge in [-0.1, -0.05) is 86.1 Å². The highest BCUT2D eigenvalue weighted by Crippen LogP contribution is 2.38. The van der Waals surface area contributed by atoms with Crippen molar-refractivity contribution in [2.24, 2.45) is 11.7 Å². The third-order valence-electron chi connectivity index (χ3n) is 9.11. The average Bonchev–Trinajstić information content (AvgIpc) is 3.35. The monoisotopic (exact) mass is 560 g/mol. The maximum absolute atomic E-state index is 14.4. The van der Waals surface area contributed by atoms with Crippen molar-refractivity contribution in [3.63, 3.8) is 0 Å². The number of benzene rings is 3. The molecule has 6 rings (SSSR count). The second kappa shape index (κ2) is 11.3. The third kappa shape index (κ3) is 5.32. The predicted molar refractivity (Wildman–Crippen MR) is 167 cm³/mol. The average molecular weight is 561 g/mol. The van der Waals surface area contributed by atoms with Crippen molar-refractivity contribution < 1.29 is 4.79 Å². The first-order valence-corrected chi connectivity index (χ1v) is 15.2. The molecule has 1 amide bonds. The van der Waals surface area contributed by atoms with Crippen LogP contribution in [0, 0.1) is 12.8 Å². The molecule has 1 aliphatic carbocycles. The summed E-state index contributed by atoms with van der Waals surface area (Å²) in [5, 5.41) is 0. The summed E-state index contributed by atoms with van der Waals surface area (Å²) in [6, 6.07) is 25.5. The lowest BCUT2D eigenvalue weighted by Gasteiger charge is -2.42. The smallest absolute Gasteiger partial charge is 0.257 e. The van der Waals surface area contributed by atoms with Crippen molar-refractivity contribution in [3.8, 4) is 11.4 Å². The van der Waals surface area contributed by atoms with Gasteiger partial charge in [-0.05, 0) is 61.8 Å². The lowest BCUT2D eigenvalue weighted by molar-refractivity contribution is 0.0573. The fraction of sp³-hybridized carbons (Fsp3) is 0.361. The van der Waals surface area contributed by atoms with Crippen LogP contribution in [0.3, 0.4) is 0 Å². The number of rotatable bonds is 9. The molecule has 42 heavy (non-hydrogen) atoms. The zero-order valence-corrected chi connectivity index (χ0v) is 24.8. The molecule has 6 heteroatoms. The molecule has 1 fully saturated rings. The van der Waals surface area contributed by atoms with Crippen LogP contribution < -0.4 is 11.3 Å². The van der Waals surface area contributed by atoms with Crippen molar-refractivity contribution in [1.82, 2.24) is 14.5 Å². The first-order chi connectivity index (χ1) is 20.2. The molecule has 2 aliphatic rings. The molecule has 1 saturated carbocycles. The summed E-state index contributed by atoms with van der Waals surface area (Å²) < 4.78 is 1.80. The number of carbonyl (C=O) groups is 1. The van der Waals surface area contributed by atoms with E-state index < -0.39 is 6.04 Å². The van der Waals surface area contributed by atoms with Crippen molar-refractivity contribution in [3.05, 3.63) is 123 Å². The molecule has 4 aromatic rings. The van der Waals surface area contributed by atoms with Crippen LogP contribution in [0.2, 0.25) is 0 Å². The van der Waals surface area contributed by atoms with Crippen LogP contribution >= 0.6 is 0 Å². The maximum Gasteiger partial charge on any atom is 0.257 e. The lowest BCUT2D eigenvalue weighted by Crippen LogP contribution is -2.50. The van der Waals surface area contributed by atoms with Gasteiger partial charge in [-0.2, -0.15) is 0 Å². The number of hydrogen-bond acceptors (Lipinski definition) is 4. The molecule has 1 atom stereocenters. The minimum absolute atomic E-state index is 0.00985. The van der Waals surface area contributed by atoms with Crippen molar-refractivity contribution in [2.75, 3.05) is 6.54 Å². The molecule has 2 N–H and O–H groups in total. The molecule has 1 aliphatic heterocycles. The third-order valence-corrected chi connectivity index (χ3v) is 9.11. The van der Waals surface area contributed by atoms with E-state index in [0.29, 0.717) is 48.6 Å². The number of hydrogen-bond donors (Lipinski definition) is 1. The molecule has 216 valence electrons. The lowest BCUT2D eigenvalue weighted by atomic mass is 9.75. The topological polar surface area (TPSA) is 81.2 Å². The number of nitrogens with zero attached hydrogens (tertiary/aromatic N) is 3. The Morgan fingerprint density at radius 3 is 2.36 bits per heavy atom. The zero-order valence-electron chi connectivity index (χ0n) is 24.8. The maximum atomic E-state index is 14.4. The van der Waals surface area contributed by atoms with E-state index in [9.17, 15) is 9.59 Å². The van der Waals surface area contributed by atoms with Gasteiger partial charge >= 0.3 is 0 Å². The van der Waals surface area contributed by atoms with E-state index in [-0.39, 0.29) is 22.9 Å². The van der Waals surface area contributed by atoms with Gasteiger partial charge in [-0.25, -0.2) is 4.98 Å². The summed E-state index contributed by atoms with van der Waals surface area (Å²) in [7, 11) is 0. The highest BCUT2D eigenvalue weighted by molar-refractivity contribution is 5.94. The molecule has 6 nitrogen and oxygen atoms in total. The van der Waals surface area contributed by atoms with E-state index in [2.05, 4.69) is 19.9 Å². The largest absolute Gasteiger partial charge is 0.330 e. The fourth-order valence-corrected chi connectivity index (χ4v) is 6.50. The number of aromatic nitrogens is 2. The number of carbonyl (C=O) groups excluding carboxylic acids is 1. The Labute approximate surface area is 248 Å². The van der Waals surface area contributed by atoms with Crippen LogP contribution in [-0.4, -0.2) is 32.4 Å². The van der Waals surface area contributed by atoms with Gasteiger partial charge in [-0.15, -0.1) is 0 Å². The van der Waals surface area contributed by atoms with Gasteiger partial charge in [0.2, 0.25) is 0 Å². The second-order valence-electron chi connectivity index (χ2n) is 12.5. The van der Waals surface area contributed by atoms with E-state index in [0.717, 1.165) is 41.5 Å². The molecule has 3 aromatic carbocycles. The van der Waals surface area contributed by atoms with E-state index in [4.69, 9.17) is 10.7 Å². The first kappa shape index (κ1) is 28.1. The van der Waals surface area contributed by atoms with Gasteiger partial charge in [0.1, 0.15) is 5.82 Å². The van der Waals surface area contributed by atoms with E-state index in [1.807, 2.05) is 84.6 Å². The Bertz CT molecular complexity index is 1650. The summed E-state index contributed by atoms with van der Waals surface area (Å²) in [6.07, 6.45) is 4.24. The molecular formula is C36H40N4O2. The minimum atomic E-state index is -0.396. The van der Waals surface area contributed by atoms with Gasteiger partial charge in [0.25, 0.3) is 11.5 Å². The van der Waals surface area contributed by atoms with Crippen LogP contribution in [0.15, 0.2) is 83.7 Å². The summed E-state index contributed by atoms with van der Waals surface area (Å²) in [5.74, 6) is 0.644. The number of nitrogens with two attached hydrogens (primary N) is 1. The molecule has 1 unspecified atom stereocenters. The van der Waals surface area contributed by atoms with Crippen LogP contribution in [-0.2, 0) is 13.0 Å². The summed E-state index contributed by atoms with van der Waals surface area (Å²) >= 11 is 0. The Hall–Kier alpha value is -4.03. The Morgan fingerprint density at radius 1 is 1.00 bits per heavy atom. The van der Waals surface area contributed by atoms with E-state index in [1.165, 1.54) is 0 Å². The number of amides is 1. The first-order valence-electron chi connectivity index (χ1n) is 15.2. The highest BCUT2D eigenvalue weighted by atomic mass is 16.2. The van der Waals surface area contributed by atoms with Gasteiger partial charge in [0.15, 0.2) is 0 Å². The Morgan fingerprint density at radius 2 is 1.69 bits per heavy atom. The van der Waals surface area contributed by atoms with Crippen molar-refractivity contribution >= 4 is 5.91 Å². The quantitative estimate of drug-likeness (QED) is 0.230. The molecule has 0 saturated heterocycles. The van der Waals surface area contributed by atoms with Gasteiger partial charge < -0.3 is 10.6 Å². The summed E-state index contributed by atoms with van der Waals surface area (Å²) in [5.41, 5.74) is 12.6. The summed E-state index contributed by atoms with van der Waals surface area (Å²) in [4.78, 5) is 36.0. The number of fused-ring (bicyclic) bond motifs is 3.